The van der Waals surface area contributed by atoms with E-state index in [0.29, 0.717) is 23.7 Å². The van der Waals surface area contributed by atoms with Gasteiger partial charge in [0.25, 0.3) is 11.8 Å². The van der Waals surface area contributed by atoms with Crippen molar-refractivity contribution in [3.05, 3.63) is 71.3 Å². The molecule has 1 fully saturated rings. The first-order valence-corrected chi connectivity index (χ1v) is 9.05. The van der Waals surface area contributed by atoms with Crippen molar-refractivity contribution < 1.29 is 14.5 Å². The summed E-state index contributed by atoms with van der Waals surface area (Å²) in [6.07, 6.45) is 3.42. The summed E-state index contributed by atoms with van der Waals surface area (Å²) in [6.45, 7) is 2.53. The lowest BCUT2D eigenvalue weighted by atomic mass is 9.90. The van der Waals surface area contributed by atoms with E-state index in [1.807, 2.05) is 12.1 Å². The van der Waals surface area contributed by atoms with Crippen LogP contribution in [0.25, 0.3) is 0 Å². The average molecular weight is 335 g/mol. The number of rotatable bonds is 4. The number of amides is 2. The Morgan fingerprint density at radius 1 is 0.840 bits per heavy atom. The van der Waals surface area contributed by atoms with E-state index in [0.717, 1.165) is 32.4 Å². The van der Waals surface area contributed by atoms with E-state index in [2.05, 4.69) is 30.3 Å². The van der Waals surface area contributed by atoms with E-state index >= 15 is 0 Å². The first-order valence-electron chi connectivity index (χ1n) is 9.05. The van der Waals surface area contributed by atoms with E-state index in [1.54, 1.807) is 12.1 Å². The van der Waals surface area contributed by atoms with E-state index in [-0.39, 0.29) is 11.8 Å². The molecule has 2 aromatic carbocycles. The molecule has 0 spiro atoms. The molecular formula is C21H23N2O2+. The quantitative estimate of drug-likeness (QED) is 0.866. The number of fused-ring (bicyclic) bond motifs is 1. The summed E-state index contributed by atoms with van der Waals surface area (Å²) in [6, 6.07) is 17.8. The number of nitrogens with one attached hydrogen (secondary N) is 1. The van der Waals surface area contributed by atoms with Gasteiger partial charge in [0.05, 0.1) is 24.2 Å². The number of likely N-dealkylation sites (tertiary alicyclic amines) is 1. The largest absolute Gasteiger partial charge is 0.317 e. The van der Waals surface area contributed by atoms with Gasteiger partial charge in [-0.3, -0.25) is 9.59 Å². The van der Waals surface area contributed by atoms with Crippen LogP contribution in [0.4, 0.5) is 0 Å². The van der Waals surface area contributed by atoms with E-state index < -0.39 is 0 Å². The minimum atomic E-state index is -0.139. The maximum Gasteiger partial charge on any atom is 0.265 e. The molecule has 0 bridgehead atoms. The summed E-state index contributed by atoms with van der Waals surface area (Å²) < 4.78 is 0. The second-order valence-corrected chi connectivity index (χ2v) is 7.13. The Morgan fingerprint density at radius 3 is 2.00 bits per heavy atom. The van der Waals surface area contributed by atoms with Crippen molar-refractivity contribution in [2.24, 2.45) is 5.92 Å². The van der Waals surface area contributed by atoms with Crippen LogP contribution in [0.15, 0.2) is 54.6 Å². The smallest absolute Gasteiger partial charge is 0.265 e. The van der Waals surface area contributed by atoms with Crippen LogP contribution >= 0.6 is 0 Å². The second-order valence-electron chi connectivity index (χ2n) is 7.13. The molecule has 1 N–H and O–H groups in total. The number of carbonyl (C=O) groups is 2. The van der Waals surface area contributed by atoms with Crippen LogP contribution < -0.4 is 4.90 Å². The van der Waals surface area contributed by atoms with Gasteiger partial charge in [-0.2, -0.15) is 0 Å². The van der Waals surface area contributed by atoms with E-state index in [9.17, 15) is 9.59 Å². The fraction of sp³-hybridized carbons (Fsp3) is 0.333. The van der Waals surface area contributed by atoms with Gasteiger partial charge in [0.15, 0.2) is 6.67 Å². The fourth-order valence-electron chi connectivity index (χ4n) is 4.00. The lowest BCUT2D eigenvalue weighted by Crippen LogP contribution is -3.14. The number of hydrogen-bond donors (Lipinski definition) is 1. The standard InChI is InChI=1S/C21H22N2O2/c24-20-18-8-4-5-9-19(18)21(25)23(20)15-22-12-10-17(11-13-22)14-16-6-2-1-3-7-16/h1-9,17H,10-15H2/p+1. The number of hydrogen-bond acceptors (Lipinski definition) is 2. The van der Waals surface area contributed by atoms with Gasteiger partial charge in [-0.1, -0.05) is 42.5 Å². The van der Waals surface area contributed by atoms with Crippen LogP contribution in [0.2, 0.25) is 0 Å². The number of nitrogens with zero attached hydrogens (tertiary/aromatic N) is 1. The van der Waals surface area contributed by atoms with Crippen molar-refractivity contribution >= 4 is 11.8 Å². The van der Waals surface area contributed by atoms with Crippen molar-refractivity contribution in [3.63, 3.8) is 0 Å². The van der Waals surface area contributed by atoms with Crippen LogP contribution in [0.3, 0.4) is 0 Å². The normalized spacial score (nSPS) is 23.0. The third kappa shape index (κ3) is 3.22. The molecule has 4 heteroatoms. The van der Waals surface area contributed by atoms with Gasteiger partial charge < -0.3 is 4.90 Å². The van der Waals surface area contributed by atoms with Crippen LogP contribution in [-0.4, -0.2) is 36.5 Å². The zero-order chi connectivity index (χ0) is 17.2. The predicted molar refractivity (Wildman–Crippen MR) is 95.4 cm³/mol. The van der Waals surface area contributed by atoms with Gasteiger partial charge in [0.1, 0.15) is 0 Å². The fourth-order valence-corrected chi connectivity index (χ4v) is 4.00. The number of benzene rings is 2. The molecule has 128 valence electrons. The van der Waals surface area contributed by atoms with Crippen molar-refractivity contribution in [2.45, 2.75) is 19.3 Å². The highest BCUT2D eigenvalue weighted by Gasteiger charge is 2.38. The molecule has 25 heavy (non-hydrogen) atoms. The molecule has 0 aromatic heterocycles. The lowest BCUT2D eigenvalue weighted by Gasteiger charge is -2.31. The summed E-state index contributed by atoms with van der Waals surface area (Å²) in [5.74, 6) is 0.423. The zero-order valence-corrected chi connectivity index (χ0v) is 14.3. The molecule has 2 aromatic rings. The Kier molecular flexibility index (Phi) is 4.36. The van der Waals surface area contributed by atoms with Gasteiger partial charge in [-0.25, -0.2) is 4.90 Å². The van der Waals surface area contributed by atoms with Crippen LogP contribution in [0.5, 0.6) is 0 Å². The maximum absolute atomic E-state index is 12.5. The van der Waals surface area contributed by atoms with E-state index in [1.165, 1.54) is 15.4 Å². The average Bonchev–Trinajstić information content (AvgIpc) is 2.89. The second kappa shape index (κ2) is 6.81. The summed E-state index contributed by atoms with van der Waals surface area (Å²) >= 11 is 0. The highest BCUT2D eigenvalue weighted by atomic mass is 16.2. The van der Waals surface area contributed by atoms with Crippen LogP contribution in [-0.2, 0) is 6.42 Å². The summed E-state index contributed by atoms with van der Waals surface area (Å²) in [7, 11) is 0. The lowest BCUT2D eigenvalue weighted by molar-refractivity contribution is -0.913. The van der Waals surface area contributed by atoms with Crippen LogP contribution in [0, 0.1) is 5.92 Å². The highest BCUT2D eigenvalue weighted by Crippen LogP contribution is 2.21. The monoisotopic (exact) mass is 335 g/mol. The third-order valence-electron chi connectivity index (χ3n) is 5.44. The first kappa shape index (κ1) is 16.0. The number of piperidine rings is 1. The summed E-state index contributed by atoms with van der Waals surface area (Å²) in [4.78, 5) is 27.7. The Bertz CT molecular complexity index is 744. The van der Waals surface area contributed by atoms with Crippen molar-refractivity contribution in [1.29, 1.82) is 0 Å². The molecule has 2 aliphatic heterocycles. The summed E-state index contributed by atoms with van der Waals surface area (Å²) in [5.41, 5.74) is 2.49. The molecule has 0 atom stereocenters. The topological polar surface area (TPSA) is 41.8 Å². The number of imide groups is 1. The van der Waals surface area contributed by atoms with Gasteiger partial charge in [0, 0.05) is 0 Å². The van der Waals surface area contributed by atoms with Gasteiger partial charge in [-0.05, 0) is 42.9 Å². The minimum Gasteiger partial charge on any atom is -0.317 e. The minimum absolute atomic E-state index is 0.139. The maximum atomic E-state index is 12.5. The Hall–Kier alpha value is -2.46. The number of quaternary nitrogens is 1. The Labute approximate surface area is 148 Å². The Balaban J connectivity index is 1.34. The van der Waals surface area contributed by atoms with Crippen molar-refractivity contribution in [2.75, 3.05) is 19.8 Å². The van der Waals surface area contributed by atoms with Gasteiger partial charge in [-0.15, -0.1) is 0 Å². The summed E-state index contributed by atoms with van der Waals surface area (Å²) in [5, 5.41) is 0. The SMILES string of the molecule is O=C1c2ccccc2C(=O)N1C[NH+]1CCC(Cc2ccccc2)CC1. The predicted octanol–water partition coefficient (Wildman–Crippen LogP) is 1.78. The molecule has 0 unspecified atom stereocenters. The molecule has 0 saturated carbocycles. The highest BCUT2D eigenvalue weighted by molar-refractivity contribution is 6.21. The molecule has 4 rings (SSSR count). The number of carbonyl (C=O) groups excluding carboxylic acids is 2. The molecule has 2 heterocycles. The molecular weight excluding hydrogens is 312 g/mol. The molecule has 2 amide bonds. The molecule has 4 nitrogen and oxygen atoms in total. The van der Waals surface area contributed by atoms with E-state index in [4.69, 9.17) is 0 Å². The van der Waals surface area contributed by atoms with Crippen molar-refractivity contribution in [1.82, 2.24) is 4.90 Å². The molecule has 2 aliphatic rings. The third-order valence-corrected chi connectivity index (χ3v) is 5.44. The van der Waals surface area contributed by atoms with Crippen LogP contribution in [0.1, 0.15) is 39.1 Å². The Morgan fingerprint density at radius 2 is 1.40 bits per heavy atom. The van der Waals surface area contributed by atoms with Gasteiger partial charge in [0.2, 0.25) is 0 Å². The zero-order valence-electron chi connectivity index (χ0n) is 14.3. The molecule has 0 radical (unpaired) electrons. The first-order chi connectivity index (χ1) is 12.2. The molecule has 1 saturated heterocycles. The van der Waals surface area contributed by atoms with Gasteiger partial charge >= 0.3 is 0 Å². The van der Waals surface area contributed by atoms with Crippen molar-refractivity contribution in [3.8, 4) is 0 Å². The molecule has 0 aliphatic carbocycles.